The minimum absolute atomic E-state index is 0.0432. The van der Waals surface area contributed by atoms with Gasteiger partial charge in [-0.2, -0.15) is 0 Å². The van der Waals surface area contributed by atoms with E-state index in [2.05, 4.69) is 20.8 Å². The summed E-state index contributed by atoms with van der Waals surface area (Å²) in [6, 6.07) is 15.0. The minimum atomic E-state index is -0.207. The highest BCUT2D eigenvalue weighted by molar-refractivity contribution is 5.95. The van der Waals surface area contributed by atoms with Gasteiger partial charge in [0.25, 0.3) is 5.91 Å². The molecule has 7 heteroatoms. The molecule has 3 aromatic rings. The second-order valence-corrected chi connectivity index (χ2v) is 6.87. The number of carbonyl (C=O) groups excluding carboxylic acids is 1. The molecule has 0 saturated heterocycles. The number of nitrogens with one attached hydrogen (secondary N) is 2. The van der Waals surface area contributed by atoms with Crippen LogP contribution in [0.1, 0.15) is 42.1 Å². The molecule has 1 aliphatic rings. The molecule has 144 valence electrons. The summed E-state index contributed by atoms with van der Waals surface area (Å²) in [5.74, 6) is 1.64. The van der Waals surface area contributed by atoms with Crippen LogP contribution in [0.15, 0.2) is 52.9 Å². The Hall–Kier alpha value is -3.35. The Bertz CT molecular complexity index is 964. The van der Waals surface area contributed by atoms with Gasteiger partial charge < -0.3 is 19.8 Å². The van der Waals surface area contributed by atoms with Crippen LogP contribution >= 0.6 is 0 Å². The number of carbonyl (C=O) groups is 1. The number of methoxy groups -OCH3 is 1. The van der Waals surface area contributed by atoms with E-state index in [0.29, 0.717) is 23.4 Å². The maximum absolute atomic E-state index is 12.2. The summed E-state index contributed by atoms with van der Waals surface area (Å²) in [5.41, 5.74) is 2.28. The monoisotopic (exact) mass is 378 g/mol. The molecule has 7 nitrogen and oxygen atoms in total. The Morgan fingerprint density at radius 2 is 1.96 bits per heavy atom. The third kappa shape index (κ3) is 4.14. The Kier molecular flexibility index (Phi) is 4.97. The van der Waals surface area contributed by atoms with Gasteiger partial charge in [0.2, 0.25) is 11.8 Å². The van der Waals surface area contributed by atoms with Crippen molar-refractivity contribution in [3.63, 3.8) is 0 Å². The summed E-state index contributed by atoms with van der Waals surface area (Å²) in [5, 5.41) is 14.6. The van der Waals surface area contributed by atoms with Crippen LogP contribution in [0.4, 0.5) is 5.69 Å². The standard InChI is InChI=1S/C21H22N4O3/c1-13(20-24-25-21(28-20)14-6-10-18(27-2)11-7-14)22-17-5-3-4-15(12-17)19(26)23-16-8-9-16/h3-7,10-13,16,22H,8-9H2,1-2H3,(H,23,26)/t13-/m1/s1. The molecule has 0 bridgehead atoms. The number of ether oxygens (including phenoxy) is 1. The van der Waals surface area contributed by atoms with Gasteiger partial charge >= 0.3 is 0 Å². The summed E-state index contributed by atoms with van der Waals surface area (Å²) in [4.78, 5) is 12.2. The summed E-state index contributed by atoms with van der Waals surface area (Å²) in [6.45, 7) is 1.93. The van der Waals surface area contributed by atoms with E-state index < -0.39 is 0 Å². The van der Waals surface area contributed by atoms with Crippen LogP contribution in [0.3, 0.4) is 0 Å². The third-order valence-corrected chi connectivity index (χ3v) is 4.57. The van der Waals surface area contributed by atoms with E-state index in [0.717, 1.165) is 29.8 Å². The van der Waals surface area contributed by atoms with Crippen molar-refractivity contribution >= 4 is 11.6 Å². The highest BCUT2D eigenvalue weighted by atomic mass is 16.5. The number of rotatable bonds is 7. The van der Waals surface area contributed by atoms with Crippen LogP contribution in [0, 0.1) is 0 Å². The second kappa shape index (κ2) is 7.72. The van der Waals surface area contributed by atoms with Gasteiger partial charge in [0.15, 0.2) is 0 Å². The molecule has 0 unspecified atom stereocenters. The van der Waals surface area contributed by atoms with E-state index in [1.54, 1.807) is 7.11 Å². The van der Waals surface area contributed by atoms with Crippen molar-refractivity contribution in [1.82, 2.24) is 15.5 Å². The molecular formula is C21H22N4O3. The highest BCUT2D eigenvalue weighted by Gasteiger charge is 2.24. The Morgan fingerprint density at radius 1 is 1.18 bits per heavy atom. The van der Waals surface area contributed by atoms with Crippen LogP contribution < -0.4 is 15.4 Å². The molecule has 28 heavy (non-hydrogen) atoms. The molecule has 1 aromatic heterocycles. The van der Waals surface area contributed by atoms with E-state index in [-0.39, 0.29) is 11.9 Å². The van der Waals surface area contributed by atoms with Crippen molar-refractivity contribution in [2.24, 2.45) is 0 Å². The number of hydrogen-bond donors (Lipinski definition) is 2. The summed E-state index contributed by atoms with van der Waals surface area (Å²) >= 11 is 0. The molecule has 1 amide bonds. The second-order valence-electron chi connectivity index (χ2n) is 6.87. The van der Waals surface area contributed by atoms with Crippen molar-refractivity contribution in [2.75, 3.05) is 12.4 Å². The molecule has 1 fully saturated rings. The predicted octanol–water partition coefficient (Wildman–Crippen LogP) is 3.81. The first-order chi connectivity index (χ1) is 13.6. The number of nitrogens with zero attached hydrogens (tertiary/aromatic N) is 2. The fraction of sp³-hybridized carbons (Fsp3) is 0.286. The van der Waals surface area contributed by atoms with Crippen LogP contribution in [0.2, 0.25) is 0 Å². The molecular weight excluding hydrogens is 356 g/mol. The predicted molar refractivity (Wildman–Crippen MR) is 105 cm³/mol. The van der Waals surface area contributed by atoms with Gasteiger partial charge in [-0.1, -0.05) is 6.07 Å². The maximum atomic E-state index is 12.2. The number of anilines is 1. The molecule has 1 aliphatic carbocycles. The van der Waals surface area contributed by atoms with E-state index in [9.17, 15) is 4.79 Å². The summed E-state index contributed by atoms with van der Waals surface area (Å²) in [6.07, 6.45) is 2.13. The van der Waals surface area contributed by atoms with E-state index in [4.69, 9.17) is 9.15 Å². The molecule has 0 radical (unpaired) electrons. The first-order valence-corrected chi connectivity index (χ1v) is 9.27. The lowest BCUT2D eigenvalue weighted by Gasteiger charge is -2.12. The average Bonchev–Trinajstić information content (AvgIpc) is 3.39. The van der Waals surface area contributed by atoms with Crippen molar-refractivity contribution < 1.29 is 13.9 Å². The van der Waals surface area contributed by atoms with Crippen LogP contribution in [0.25, 0.3) is 11.5 Å². The smallest absolute Gasteiger partial charge is 0.251 e. The summed E-state index contributed by atoms with van der Waals surface area (Å²) < 4.78 is 11.0. The molecule has 1 atom stereocenters. The molecule has 0 aliphatic heterocycles. The lowest BCUT2D eigenvalue weighted by atomic mass is 10.1. The van der Waals surface area contributed by atoms with Gasteiger partial charge in [-0.15, -0.1) is 10.2 Å². The molecule has 1 saturated carbocycles. The molecule has 0 spiro atoms. The largest absolute Gasteiger partial charge is 0.497 e. The first kappa shape index (κ1) is 18.0. The highest BCUT2D eigenvalue weighted by Crippen LogP contribution is 2.25. The Morgan fingerprint density at radius 3 is 2.68 bits per heavy atom. The van der Waals surface area contributed by atoms with E-state index >= 15 is 0 Å². The number of hydrogen-bond acceptors (Lipinski definition) is 6. The fourth-order valence-corrected chi connectivity index (χ4v) is 2.82. The van der Waals surface area contributed by atoms with Gasteiger partial charge in [0, 0.05) is 22.9 Å². The SMILES string of the molecule is COc1ccc(-c2nnc([C@@H](C)Nc3cccc(C(=O)NC4CC4)c3)o2)cc1. The van der Waals surface area contributed by atoms with Gasteiger partial charge in [0.1, 0.15) is 11.8 Å². The van der Waals surface area contributed by atoms with Crippen molar-refractivity contribution in [3.8, 4) is 17.2 Å². The fourth-order valence-electron chi connectivity index (χ4n) is 2.82. The Balaban J connectivity index is 1.44. The van der Waals surface area contributed by atoms with Gasteiger partial charge in [-0.3, -0.25) is 4.79 Å². The maximum Gasteiger partial charge on any atom is 0.251 e. The zero-order valence-corrected chi connectivity index (χ0v) is 15.8. The quantitative estimate of drug-likeness (QED) is 0.650. The lowest BCUT2D eigenvalue weighted by Crippen LogP contribution is -2.25. The zero-order chi connectivity index (χ0) is 19.5. The molecule has 2 N–H and O–H groups in total. The lowest BCUT2D eigenvalue weighted by molar-refractivity contribution is 0.0951. The first-order valence-electron chi connectivity index (χ1n) is 9.27. The van der Waals surface area contributed by atoms with Crippen molar-refractivity contribution in [1.29, 1.82) is 0 Å². The number of aromatic nitrogens is 2. The molecule has 1 heterocycles. The van der Waals surface area contributed by atoms with Gasteiger partial charge in [-0.25, -0.2) is 0 Å². The van der Waals surface area contributed by atoms with E-state index in [1.807, 2.05) is 55.5 Å². The Labute approximate surface area is 163 Å². The van der Waals surface area contributed by atoms with E-state index in [1.165, 1.54) is 0 Å². The number of benzene rings is 2. The van der Waals surface area contributed by atoms with Crippen molar-refractivity contribution in [3.05, 3.63) is 60.0 Å². The van der Waals surface area contributed by atoms with Crippen LogP contribution in [0.5, 0.6) is 5.75 Å². The van der Waals surface area contributed by atoms with Gasteiger partial charge in [-0.05, 0) is 62.2 Å². The molecule has 2 aromatic carbocycles. The van der Waals surface area contributed by atoms with Gasteiger partial charge in [0.05, 0.1) is 7.11 Å². The number of amides is 1. The average molecular weight is 378 g/mol. The van der Waals surface area contributed by atoms with Crippen molar-refractivity contribution in [2.45, 2.75) is 31.8 Å². The minimum Gasteiger partial charge on any atom is -0.497 e. The zero-order valence-electron chi connectivity index (χ0n) is 15.8. The molecule has 4 rings (SSSR count). The summed E-state index contributed by atoms with van der Waals surface area (Å²) in [7, 11) is 1.62. The topological polar surface area (TPSA) is 89.3 Å². The third-order valence-electron chi connectivity index (χ3n) is 4.57. The normalized spacial score (nSPS) is 14.4. The van der Waals surface area contributed by atoms with Crippen LogP contribution in [-0.4, -0.2) is 29.3 Å². The van der Waals surface area contributed by atoms with Crippen LogP contribution in [-0.2, 0) is 0 Å².